The Bertz CT molecular complexity index is 476. The van der Waals surface area contributed by atoms with E-state index < -0.39 is 17.8 Å². The second-order valence-corrected chi connectivity index (χ2v) is 4.06. The van der Waals surface area contributed by atoms with Gasteiger partial charge in [0.25, 0.3) is 0 Å². The zero-order valence-corrected chi connectivity index (χ0v) is 10.8. The van der Waals surface area contributed by atoms with Crippen molar-refractivity contribution in [1.82, 2.24) is 5.32 Å². The lowest BCUT2D eigenvalue weighted by Crippen LogP contribution is -2.34. The van der Waals surface area contributed by atoms with Crippen LogP contribution in [0.3, 0.4) is 0 Å². The number of carboxylic acids is 1. The number of rotatable bonds is 6. The summed E-state index contributed by atoms with van der Waals surface area (Å²) in [6.07, 6.45) is 0.360. The molecule has 0 aromatic heterocycles. The van der Waals surface area contributed by atoms with Crippen LogP contribution < -0.4 is 10.1 Å². The lowest BCUT2D eigenvalue weighted by molar-refractivity contribution is -0.146. The Morgan fingerprint density at radius 1 is 1.47 bits per heavy atom. The minimum atomic E-state index is -1.18. The predicted octanol–water partition coefficient (Wildman–Crippen LogP) is 1.21. The van der Waals surface area contributed by atoms with E-state index in [1.54, 1.807) is 0 Å². The number of benzene rings is 1. The SMILES string of the molecule is COc1ccc(F)cc1CCNC(=O)C(C)C(=O)O. The number of halogens is 1. The highest BCUT2D eigenvalue weighted by Gasteiger charge is 2.19. The molecule has 0 fully saturated rings. The average Bonchev–Trinajstić information content (AvgIpc) is 2.37. The Labute approximate surface area is 110 Å². The molecule has 0 spiro atoms. The predicted molar refractivity (Wildman–Crippen MR) is 66.5 cm³/mol. The standard InChI is InChI=1S/C13H16FNO4/c1-8(13(17)18)12(16)15-6-5-9-7-10(14)3-4-11(9)19-2/h3-4,7-8H,5-6H2,1-2H3,(H,15,16)(H,17,18). The minimum Gasteiger partial charge on any atom is -0.496 e. The van der Waals surface area contributed by atoms with E-state index in [1.165, 1.54) is 32.2 Å². The Kier molecular flexibility index (Phi) is 5.29. The maximum absolute atomic E-state index is 13.1. The third-order valence-corrected chi connectivity index (χ3v) is 2.70. The first-order chi connectivity index (χ1) is 8.95. The van der Waals surface area contributed by atoms with Gasteiger partial charge in [-0.3, -0.25) is 9.59 Å². The number of nitrogens with one attached hydrogen (secondary N) is 1. The van der Waals surface area contributed by atoms with Crippen LogP contribution in [0.1, 0.15) is 12.5 Å². The first kappa shape index (κ1) is 14.9. The molecule has 1 atom stereocenters. The summed E-state index contributed by atoms with van der Waals surface area (Å²) in [5.74, 6) is -2.71. The molecule has 0 bridgehead atoms. The number of methoxy groups -OCH3 is 1. The molecule has 0 saturated heterocycles. The van der Waals surface area contributed by atoms with Crippen molar-refractivity contribution in [1.29, 1.82) is 0 Å². The molecule has 1 unspecified atom stereocenters. The van der Waals surface area contributed by atoms with E-state index in [2.05, 4.69) is 5.32 Å². The van der Waals surface area contributed by atoms with Crippen molar-refractivity contribution >= 4 is 11.9 Å². The molecule has 104 valence electrons. The normalized spacial score (nSPS) is 11.7. The average molecular weight is 269 g/mol. The van der Waals surface area contributed by atoms with Gasteiger partial charge in [-0.1, -0.05) is 0 Å². The molecule has 1 aromatic rings. The monoisotopic (exact) mass is 269 g/mol. The molecule has 19 heavy (non-hydrogen) atoms. The van der Waals surface area contributed by atoms with E-state index in [0.717, 1.165) is 0 Å². The Hall–Kier alpha value is -2.11. The van der Waals surface area contributed by atoms with Gasteiger partial charge in [-0.25, -0.2) is 4.39 Å². The molecule has 0 saturated carbocycles. The van der Waals surface area contributed by atoms with Gasteiger partial charge in [-0.15, -0.1) is 0 Å². The first-order valence-electron chi connectivity index (χ1n) is 5.78. The number of carbonyl (C=O) groups is 2. The Morgan fingerprint density at radius 2 is 2.16 bits per heavy atom. The first-order valence-corrected chi connectivity index (χ1v) is 5.78. The molecular formula is C13H16FNO4. The number of aliphatic carboxylic acids is 1. The van der Waals surface area contributed by atoms with Gasteiger partial charge in [-0.2, -0.15) is 0 Å². The summed E-state index contributed by atoms with van der Waals surface area (Å²) in [6, 6.07) is 4.12. The molecule has 6 heteroatoms. The maximum atomic E-state index is 13.1. The number of carboxylic acid groups (broad SMARTS) is 1. The van der Waals surface area contributed by atoms with Gasteiger partial charge < -0.3 is 15.2 Å². The molecule has 0 heterocycles. The van der Waals surface area contributed by atoms with Crippen molar-refractivity contribution in [3.63, 3.8) is 0 Å². The van der Waals surface area contributed by atoms with E-state index in [-0.39, 0.29) is 12.4 Å². The largest absolute Gasteiger partial charge is 0.496 e. The fourth-order valence-corrected chi connectivity index (χ4v) is 1.53. The van der Waals surface area contributed by atoms with E-state index in [0.29, 0.717) is 17.7 Å². The number of carbonyl (C=O) groups excluding carboxylic acids is 1. The number of ether oxygens (including phenoxy) is 1. The summed E-state index contributed by atoms with van der Waals surface area (Å²) in [4.78, 5) is 22.0. The quantitative estimate of drug-likeness (QED) is 0.761. The van der Waals surface area contributed by atoms with Gasteiger partial charge in [-0.05, 0) is 37.1 Å². The highest BCUT2D eigenvalue weighted by atomic mass is 19.1. The smallest absolute Gasteiger partial charge is 0.315 e. The lowest BCUT2D eigenvalue weighted by Gasteiger charge is -2.10. The van der Waals surface area contributed by atoms with E-state index in [9.17, 15) is 14.0 Å². The zero-order valence-electron chi connectivity index (χ0n) is 10.8. The van der Waals surface area contributed by atoms with E-state index in [4.69, 9.17) is 9.84 Å². The van der Waals surface area contributed by atoms with Crippen LogP contribution in [0.2, 0.25) is 0 Å². The Balaban J connectivity index is 2.56. The van der Waals surface area contributed by atoms with E-state index >= 15 is 0 Å². The molecule has 5 nitrogen and oxygen atoms in total. The summed E-state index contributed by atoms with van der Waals surface area (Å²) in [6.45, 7) is 1.52. The van der Waals surface area contributed by atoms with Crippen LogP contribution in [0, 0.1) is 11.7 Å². The van der Waals surface area contributed by atoms with Crippen LogP contribution in [0.25, 0.3) is 0 Å². The fraction of sp³-hybridized carbons (Fsp3) is 0.385. The highest BCUT2D eigenvalue weighted by molar-refractivity contribution is 5.96. The van der Waals surface area contributed by atoms with Crippen LogP contribution in [0.4, 0.5) is 4.39 Å². The van der Waals surface area contributed by atoms with Crippen LogP contribution in [0.15, 0.2) is 18.2 Å². The highest BCUT2D eigenvalue weighted by Crippen LogP contribution is 2.19. The zero-order chi connectivity index (χ0) is 14.4. The van der Waals surface area contributed by atoms with Crippen molar-refractivity contribution in [3.05, 3.63) is 29.6 Å². The van der Waals surface area contributed by atoms with E-state index in [1.807, 2.05) is 0 Å². The maximum Gasteiger partial charge on any atom is 0.315 e. The minimum absolute atomic E-state index is 0.219. The van der Waals surface area contributed by atoms with Gasteiger partial charge in [0.15, 0.2) is 0 Å². The summed E-state index contributed by atoms with van der Waals surface area (Å²) in [7, 11) is 1.47. The van der Waals surface area contributed by atoms with Gasteiger partial charge >= 0.3 is 5.97 Å². The second-order valence-electron chi connectivity index (χ2n) is 4.06. The summed E-state index contributed by atoms with van der Waals surface area (Å²) in [5.41, 5.74) is 0.616. The molecule has 0 radical (unpaired) electrons. The molecule has 0 aliphatic heterocycles. The van der Waals surface area contributed by atoms with Gasteiger partial charge in [0.05, 0.1) is 7.11 Å². The molecular weight excluding hydrogens is 253 g/mol. The van der Waals surface area contributed by atoms with Crippen molar-refractivity contribution in [2.75, 3.05) is 13.7 Å². The molecule has 2 N–H and O–H groups in total. The molecule has 1 rings (SSSR count). The third kappa shape index (κ3) is 4.24. The van der Waals surface area contributed by atoms with Gasteiger partial charge in [0.1, 0.15) is 17.5 Å². The van der Waals surface area contributed by atoms with Crippen LogP contribution >= 0.6 is 0 Å². The number of hydrogen-bond donors (Lipinski definition) is 2. The van der Waals surface area contributed by atoms with Crippen molar-refractivity contribution in [2.45, 2.75) is 13.3 Å². The van der Waals surface area contributed by atoms with Crippen LogP contribution in [-0.2, 0) is 16.0 Å². The van der Waals surface area contributed by atoms with Crippen molar-refractivity contribution in [2.24, 2.45) is 5.92 Å². The lowest BCUT2D eigenvalue weighted by atomic mass is 10.1. The fourth-order valence-electron chi connectivity index (χ4n) is 1.53. The topological polar surface area (TPSA) is 75.6 Å². The molecule has 1 amide bonds. The van der Waals surface area contributed by atoms with Crippen molar-refractivity contribution < 1.29 is 23.8 Å². The summed E-state index contributed by atoms with van der Waals surface area (Å²) < 4.78 is 18.2. The second kappa shape index (κ2) is 6.72. The Morgan fingerprint density at radius 3 is 2.74 bits per heavy atom. The number of hydrogen-bond acceptors (Lipinski definition) is 3. The van der Waals surface area contributed by atoms with Crippen LogP contribution in [0.5, 0.6) is 5.75 Å². The molecule has 1 aromatic carbocycles. The van der Waals surface area contributed by atoms with Gasteiger partial charge in [0.2, 0.25) is 5.91 Å². The molecule has 0 aliphatic rings. The van der Waals surface area contributed by atoms with Crippen LogP contribution in [-0.4, -0.2) is 30.6 Å². The summed E-state index contributed by atoms with van der Waals surface area (Å²) >= 11 is 0. The van der Waals surface area contributed by atoms with Crippen molar-refractivity contribution in [3.8, 4) is 5.75 Å². The number of amides is 1. The summed E-state index contributed by atoms with van der Waals surface area (Å²) in [5, 5.41) is 11.1. The molecule has 0 aliphatic carbocycles. The third-order valence-electron chi connectivity index (χ3n) is 2.70. The van der Waals surface area contributed by atoms with Gasteiger partial charge in [0, 0.05) is 6.54 Å².